The number of rotatable bonds is 6. The average molecular weight is 506 g/mol. The number of aromatic carboxylic acids is 1. The summed E-state index contributed by atoms with van der Waals surface area (Å²) in [7, 11) is -2.41. The highest BCUT2D eigenvalue weighted by Crippen LogP contribution is 2.36. The van der Waals surface area contributed by atoms with Crippen LogP contribution in [0.1, 0.15) is 31.2 Å². The Kier molecular flexibility index (Phi) is 6.00. The monoisotopic (exact) mass is 505 g/mol. The lowest BCUT2D eigenvalue weighted by Gasteiger charge is -2.26. The molecule has 1 N–H and O–H groups in total. The first-order valence-electron chi connectivity index (χ1n) is 9.48. The molecule has 8 nitrogen and oxygen atoms in total. The van der Waals surface area contributed by atoms with Gasteiger partial charge in [-0.3, -0.25) is 9.59 Å². The van der Waals surface area contributed by atoms with Crippen LogP contribution >= 0.6 is 22.9 Å². The Morgan fingerprint density at radius 1 is 1.21 bits per heavy atom. The normalized spacial score (nSPS) is 13.7. The van der Waals surface area contributed by atoms with Crippen LogP contribution in [0.4, 0.5) is 5.69 Å². The largest absolute Gasteiger partial charge is 0.497 e. The maximum absolute atomic E-state index is 13.1. The molecule has 2 amide bonds. The van der Waals surface area contributed by atoms with Crippen LogP contribution in [-0.4, -0.2) is 38.4 Å². The van der Waals surface area contributed by atoms with Crippen LogP contribution in [-0.2, 0) is 26.8 Å². The lowest BCUT2D eigenvalue weighted by atomic mass is 10.0. The lowest BCUT2D eigenvalue weighted by Crippen LogP contribution is -2.42. The van der Waals surface area contributed by atoms with Gasteiger partial charge in [-0.05, 0) is 46.8 Å². The van der Waals surface area contributed by atoms with Gasteiger partial charge >= 0.3 is 5.97 Å². The van der Waals surface area contributed by atoms with Crippen LogP contribution in [0.15, 0.2) is 52.7 Å². The zero-order valence-electron chi connectivity index (χ0n) is 17.1. The lowest BCUT2D eigenvalue weighted by molar-refractivity contribution is -0.117. The molecule has 33 heavy (non-hydrogen) atoms. The van der Waals surface area contributed by atoms with Crippen molar-refractivity contribution in [2.75, 3.05) is 12.0 Å². The zero-order valence-corrected chi connectivity index (χ0v) is 19.5. The molecule has 0 fully saturated rings. The fourth-order valence-electron chi connectivity index (χ4n) is 3.55. The number of ether oxygens (including phenoxy) is 1. The molecule has 170 valence electrons. The topological polar surface area (TPSA) is 118 Å². The maximum atomic E-state index is 13.1. The molecule has 2 aromatic carbocycles. The Morgan fingerprint density at radius 3 is 2.67 bits per heavy atom. The van der Waals surface area contributed by atoms with Gasteiger partial charge in [0.25, 0.3) is 5.91 Å². The molecule has 4 rings (SSSR count). The molecule has 0 unspecified atom stereocenters. The molecule has 2 heterocycles. The summed E-state index contributed by atoms with van der Waals surface area (Å²) in [6.45, 7) is 0. The number of fused-ring (bicyclic) bond motifs is 1. The fourth-order valence-corrected chi connectivity index (χ4v) is 6.00. The minimum absolute atomic E-state index is 0.0208. The number of halogens is 1. The number of carboxylic acids is 1. The molecular weight excluding hydrogens is 490 g/mol. The van der Waals surface area contributed by atoms with Crippen LogP contribution in [0.5, 0.6) is 5.75 Å². The van der Waals surface area contributed by atoms with E-state index in [1.165, 1.54) is 24.6 Å². The van der Waals surface area contributed by atoms with E-state index in [9.17, 15) is 27.9 Å². The highest BCUT2D eigenvalue weighted by atomic mass is 35.5. The van der Waals surface area contributed by atoms with Gasteiger partial charge in [-0.25, -0.2) is 18.1 Å². The molecule has 11 heteroatoms. The van der Waals surface area contributed by atoms with Crippen molar-refractivity contribution >= 4 is 56.2 Å². The number of thiophene rings is 1. The SMILES string of the molecule is COc1cccc(CS(=O)(=O)c2ccc(Cl)c(N3C(=O)Cc4csc(C(=O)O)c4C3=O)c2)c1. The van der Waals surface area contributed by atoms with Gasteiger partial charge < -0.3 is 9.84 Å². The Balaban J connectivity index is 1.74. The van der Waals surface area contributed by atoms with Gasteiger partial charge in [0.2, 0.25) is 5.91 Å². The standard InChI is InChI=1S/C22H16ClNO7S2/c1-31-14-4-2-3-12(7-14)11-33(29,30)15-5-6-16(23)17(9-15)24-18(25)8-13-10-32-20(22(27)28)19(13)21(24)26/h2-7,9-10H,8,11H2,1H3,(H,27,28). The molecule has 0 saturated heterocycles. The summed E-state index contributed by atoms with van der Waals surface area (Å²) in [5.41, 5.74) is 0.603. The number of carbonyl (C=O) groups excluding carboxylic acids is 2. The minimum Gasteiger partial charge on any atom is -0.497 e. The number of hydrogen-bond acceptors (Lipinski definition) is 7. The van der Waals surface area contributed by atoms with Gasteiger partial charge in [-0.1, -0.05) is 23.7 Å². The number of carbonyl (C=O) groups is 3. The van der Waals surface area contributed by atoms with Gasteiger partial charge in [0.05, 0.1) is 40.5 Å². The molecule has 0 atom stereocenters. The average Bonchev–Trinajstić information content (AvgIpc) is 3.19. The minimum atomic E-state index is -3.88. The number of methoxy groups -OCH3 is 1. The van der Waals surface area contributed by atoms with E-state index < -0.39 is 27.6 Å². The molecule has 0 saturated carbocycles. The summed E-state index contributed by atoms with van der Waals surface area (Å²) in [4.78, 5) is 37.8. The summed E-state index contributed by atoms with van der Waals surface area (Å²) in [5, 5.41) is 10.8. The summed E-state index contributed by atoms with van der Waals surface area (Å²) < 4.78 is 31.3. The number of anilines is 1. The number of hydrogen-bond donors (Lipinski definition) is 1. The van der Waals surface area contributed by atoms with Crippen molar-refractivity contribution in [2.45, 2.75) is 17.1 Å². The molecular formula is C22H16ClNO7S2. The van der Waals surface area contributed by atoms with Gasteiger partial charge in [-0.15, -0.1) is 11.3 Å². The predicted octanol–water partition coefficient (Wildman–Crippen LogP) is 3.81. The highest BCUT2D eigenvalue weighted by Gasteiger charge is 2.38. The smallest absolute Gasteiger partial charge is 0.346 e. The molecule has 1 aliphatic rings. The van der Waals surface area contributed by atoms with E-state index in [0.717, 1.165) is 22.3 Å². The van der Waals surface area contributed by atoms with Crippen molar-refractivity contribution in [3.63, 3.8) is 0 Å². The maximum Gasteiger partial charge on any atom is 0.346 e. The third-order valence-corrected chi connectivity index (χ3v) is 8.10. The molecule has 1 aromatic heterocycles. The molecule has 1 aliphatic heterocycles. The van der Waals surface area contributed by atoms with Gasteiger partial charge in [0.15, 0.2) is 9.84 Å². The fraction of sp³-hybridized carbons (Fsp3) is 0.136. The Bertz CT molecular complexity index is 1410. The zero-order chi connectivity index (χ0) is 23.9. The van der Waals surface area contributed by atoms with Gasteiger partial charge in [0.1, 0.15) is 10.6 Å². The quantitative estimate of drug-likeness (QED) is 0.506. The van der Waals surface area contributed by atoms with Crippen LogP contribution in [0.2, 0.25) is 5.02 Å². The molecule has 0 aliphatic carbocycles. The number of amides is 2. The Hall–Kier alpha value is -3.21. The second-order valence-electron chi connectivity index (χ2n) is 7.21. The molecule has 3 aromatic rings. The first-order valence-corrected chi connectivity index (χ1v) is 12.4. The second kappa shape index (κ2) is 8.62. The van der Waals surface area contributed by atoms with E-state index in [2.05, 4.69) is 0 Å². The number of nitrogens with zero attached hydrogens (tertiary/aromatic N) is 1. The third kappa shape index (κ3) is 4.24. The van der Waals surface area contributed by atoms with E-state index in [1.807, 2.05) is 0 Å². The highest BCUT2D eigenvalue weighted by molar-refractivity contribution is 7.90. The number of imide groups is 1. The number of carboxylic acid groups (broad SMARTS) is 1. The summed E-state index contributed by atoms with van der Waals surface area (Å²) in [5.74, 6) is -2.62. The summed E-state index contributed by atoms with van der Waals surface area (Å²) >= 11 is 7.10. The number of benzene rings is 2. The van der Waals surface area contributed by atoms with Crippen molar-refractivity contribution in [1.29, 1.82) is 0 Å². The van der Waals surface area contributed by atoms with E-state index >= 15 is 0 Å². The molecule has 0 bridgehead atoms. The molecule has 0 radical (unpaired) electrons. The Morgan fingerprint density at radius 2 is 1.97 bits per heavy atom. The van der Waals surface area contributed by atoms with Crippen molar-refractivity contribution in [3.05, 3.63) is 74.4 Å². The van der Waals surface area contributed by atoms with Crippen LogP contribution in [0.3, 0.4) is 0 Å². The molecule has 0 spiro atoms. The summed E-state index contributed by atoms with van der Waals surface area (Å²) in [6.07, 6.45) is -0.206. The van der Waals surface area contributed by atoms with E-state index in [4.69, 9.17) is 16.3 Å². The van der Waals surface area contributed by atoms with E-state index in [-0.39, 0.29) is 38.2 Å². The van der Waals surface area contributed by atoms with Gasteiger partial charge in [-0.2, -0.15) is 0 Å². The van der Waals surface area contributed by atoms with Crippen molar-refractivity contribution in [1.82, 2.24) is 0 Å². The van der Waals surface area contributed by atoms with Crippen LogP contribution < -0.4 is 9.64 Å². The van der Waals surface area contributed by atoms with Crippen molar-refractivity contribution < 1.29 is 32.6 Å². The van der Waals surface area contributed by atoms with Crippen LogP contribution in [0.25, 0.3) is 0 Å². The predicted molar refractivity (Wildman–Crippen MR) is 122 cm³/mol. The second-order valence-corrected chi connectivity index (χ2v) is 10.5. The van der Waals surface area contributed by atoms with Gasteiger partial charge in [0, 0.05) is 0 Å². The summed E-state index contributed by atoms with van der Waals surface area (Å²) in [6, 6.07) is 10.3. The van der Waals surface area contributed by atoms with E-state index in [1.54, 1.807) is 24.3 Å². The van der Waals surface area contributed by atoms with Crippen molar-refractivity contribution in [3.8, 4) is 5.75 Å². The van der Waals surface area contributed by atoms with E-state index in [0.29, 0.717) is 16.9 Å². The van der Waals surface area contributed by atoms with Crippen molar-refractivity contribution in [2.24, 2.45) is 0 Å². The Labute approximate surface area is 197 Å². The third-order valence-electron chi connectivity index (χ3n) is 5.08. The van der Waals surface area contributed by atoms with Crippen LogP contribution in [0, 0.1) is 0 Å². The number of sulfone groups is 1. The first kappa shape index (κ1) is 23.0. The first-order chi connectivity index (χ1) is 15.6.